The van der Waals surface area contributed by atoms with Crippen molar-refractivity contribution in [2.24, 2.45) is 40.9 Å². The molecule has 6 rings (SSSR count). The molecule has 3 heteroatoms. The SMILES string of the molecule is SC1=CCC2C3CC(CC3S[C@@H]3CC4CCC35C(S)CCC45)C12. The molecule has 9 unspecified atom stereocenters. The van der Waals surface area contributed by atoms with Crippen LogP contribution in [0.5, 0.6) is 0 Å². The lowest BCUT2D eigenvalue weighted by atomic mass is 9.80. The van der Waals surface area contributed by atoms with Crippen molar-refractivity contribution in [1.29, 1.82) is 0 Å². The molecule has 0 spiro atoms. The first-order valence-corrected chi connectivity index (χ1v) is 11.8. The highest BCUT2D eigenvalue weighted by molar-refractivity contribution is 8.00. The summed E-state index contributed by atoms with van der Waals surface area (Å²) in [4.78, 5) is 1.44. The Hall–Kier alpha value is 0.790. The molecule has 10 atom stereocenters. The standard InChI is InChI=1S/C20H28S3/c21-15-3-1-12-13-7-11(19(12)15)8-16(13)23-18-9-10-5-6-20(18)14(10)2-4-17(20)22/h3,10-14,16-19,21-22H,1-2,4-9H2/t10?,11?,12?,13?,14?,16?,17?,18-,19?,20?/m1/s1. The van der Waals surface area contributed by atoms with Crippen LogP contribution in [0.3, 0.4) is 0 Å². The Morgan fingerprint density at radius 1 is 1.04 bits per heavy atom. The second kappa shape index (κ2) is 4.94. The van der Waals surface area contributed by atoms with Crippen LogP contribution in [-0.2, 0) is 0 Å². The number of thiol groups is 2. The third-order valence-corrected chi connectivity index (χ3v) is 12.2. The Bertz CT molecular complexity index is 571. The average molecular weight is 365 g/mol. The summed E-state index contributed by atoms with van der Waals surface area (Å²) in [5.41, 5.74) is 0.641. The zero-order valence-electron chi connectivity index (χ0n) is 13.7. The van der Waals surface area contributed by atoms with Crippen LogP contribution in [0.1, 0.15) is 51.4 Å². The van der Waals surface area contributed by atoms with Gasteiger partial charge in [0.2, 0.25) is 0 Å². The van der Waals surface area contributed by atoms with E-state index >= 15 is 0 Å². The van der Waals surface area contributed by atoms with Gasteiger partial charge in [0.05, 0.1) is 0 Å². The van der Waals surface area contributed by atoms with E-state index in [0.29, 0.717) is 10.7 Å². The highest BCUT2D eigenvalue weighted by Crippen LogP contribution is 2.71. The molecule has 0 saturated heterocycles. The van der Waals surface area contributed by atoms with Crippen LogP contribution < -0.4 is 0 Å². The highest BCUT2D eigenvalue weighted by atomic mass is 32.2. The van der Waals surface area contributed by atoms with Gasteiger partial charge in [-0.2, -0.15) is 24.4 Å². The molecule has 126 valence electrons. The fourth-order valence-corrected chi connectivity index (χ4v) is 12.0. The van der Waals surface area contributed by atoms with Crippen molar-refractivity contribution < 1.29 is 0 Å². The molecular formula is C20H28S3. The summed E-state index contributed by atoms with van der Waals surface area (Å²) < 4.78 is 0. The fraction of sp³-hybridized carbons (Fsp3) is 0.900. The predicted octanol–water partition coefficient (Wildman–Crippen LogP) is 5.45. The van der Waals surface area contributed by atoms with E-state index in [2.05, 4.69) is 17.8 Å². The molecule has 0 aromatic carbocycles. The average Bonchev–Trinajstić information content (AvgIpc) is 3.30. The predicted molar refractivity (Wildman–Crippen MR) is 105 cm³/mol. The Balaban J connectivity index is 1.23. The van der Waals surface area contributed by atoms with Crippen LogP contribution in [0, 0.1) is 40.9 Å². The van der Waals surface area contributed by atoms with Crippen molar-refractivity contribution in [1.82, 2.24) is 0 Å². The number of fused-ring (bicyclic) bond motifs is 5. The molecule has 4 bridgehead atoms. The largest absolute Gasteiger partial charge is 0.175 e. The fourth-order valence-electron chi connectivity index (χ4n) is 8.33. The van der Waals surface area contributed by atoms with E-state index in [-0.39, 0.29) is 0 Å². The molecule has 0 aromatic rings. The zero-order chi connectivity index (χ0) is 15.3. The Labute approximate surface area is 155 Å². The van der Waals surface area contributed by atoms with E-state index in [9.17, 15) is 0 Å². The quantitative estimate of drug-likeness (QED) is 0.614. The van der Waals surface area contributed by atoms with Gasteiger partial charge >= 0.3 is 0 Å². The molecule has 6 aliphatic carbocycles. The first kappa shape index (κ1) is 14.9. The van der Waals surface area contributed by atoms with Crippen LogP contribution in [-0.4, -0.2) is 15.7 Å². The van der Waals surface area contributed by atoms with Gasteiger partial charge in [0.25, 0.3) is 0 Å². The van der Waals surface area contributed by atoms with E-state index in [1.54, 1.807) is 0 Å². The van der Waals surface area contributed by atoms with Crippen LogP contribution in [0.2, 0.25) is 0 Å². The van der Waals surface area contributed by atoms with Crippen LogP contribution in [0.25, 0.3) is 0 Å². The van der Waals surface area contributed by atoms with Gasteiger partial charge < -0.3 is 0 Å². The molecule has 0 radical (unpaired) electrons. The van der Waals surface area contributed by atoms with Crippen molar-refractivity contribution in [3.63, 3.8) is 0 Å². The summed E-state index contributed by atoms with van der Waals surface area (Å²) in [7, 11) is 0. The van der Waals surface area contributed by atoms with Gasteiger partial charge in [-0.1, -0.05) is 6.08 Å². The number of hydrogen-bond acceptors (Lipinski definition) is 3. The van der Waals surface area contributed by atoms with E-state index in [0.717, 1.165) is 46.0 Å². The minimum atomic E-state index is 0.641. The molecule has 6 aliphatic rings. The Kier molecular flexibility index (Phi) is 3.20. The summed E-state index contributed by atoms with van der Waals surface area (Å²) in [6.45, 7) is 0. The molecular weight excluding hydrogens is 336 g/mol. The van der Waals surface area contributed by atoms with Crippen LogP contribution >= 0.6 is 37.0 Å². The van der Waals surface area contributed by atoms with Crippen LogP contribution in [0.4, 0.5) is 0 Å². The number of allylic oxidation sites excluding steroid dienone is 2. The first-order chi connectivity index (χ1) is 11.2. The summed E-state index contributed by atoms with van der Waals surface area (Å²) in [5, 5.41) is 2.62. The van der Waals surface area contributed by atoms with Gasteiger partial charge in [-0.05, 0) is 97.2 Å². The van der Waals surface area contributed by atoms with Crippen molar-refractivity contribution in [2.45, 2.75) is 67.1 Å². The van der Waals surface area contributed by atoms with E-state index in [4.69, 9.17) is 25.3 Å². The molecule has 0 N–H and O–H groups in total. The Morgan fingerprint density at radius 2 is 1.96 bits per heavy atom. The van der Waals surface area contributed by atoms with E-state index in [1.807, 2.05) is 0 Å². The number of rotatable bonds is 2. The molecule has 0 nitrogen and oxygen atoms in total. The van der Waals surface area contributed by atoms with Gasteiger partial charge in [0, 0.05) is 15.7 Å². The minimum absolute atomic E-state index is 0.641. The lowest BCUT2D eigenvalue weighted by Crippen LogP contribution is -2.38. The second-order valence-corrected chi connectivity index (χ2v) is 12.0. The van der Waals surface area contributed by atoms with Gasteiger partial charge in [-0.3, -0.25) is 0 Å². The van der Waals surface area contributed by atoms with Crippen molar-refractivity contribution in [2.75, 3.05) is 0 Å². The molecule has 0 amide bonds. The minimum Gasteiger partial charge on any atom is -0.175 e. The van der Waals surface area contributed by atoms with Crippen LogP contribution in [0.15, 0.2) is 11.0 Å². The molecule has 5 fully saturated rings. The highest BCUT2D eigenvalue weighted by Gasteiger charge is 2.65. The maximum absolute atomic E-state index is 5.11. The molecule has 23 heavy (non-hydrogen) atoms. The third-order valence-electron chi connectivity index (χ3n) is 9.08. The summed E-state index contributed by atoms with van der Waals surface area (Å²) in [5.74, 6) is 5.90. The summed E-state index contributed by atoms with van der Waals surface area (Å²) in [6, 6.07) is 0. The number of thioether (sulfide) groups is 1. The summed E-state index contributed by atoms with van der Waals surface area (Å²) in [6.07, 6.45) is 14.2. The normalized spacial score (nSPS) is 62.0. The molecule has 0 aromatic heterocycles. The van der Waals surface area contributed by atoms with Crippen molar-refractivity contribution in [3.05, 3.63) is 11.0 Å². The van der Waals surface area contributed by atoms with Gasteiger partial charge in [-0.15, -0.1) is 12.6 Å². The van der Waals surface area contributed by atoms with Crippen molar-refractivity contribution in [3.8, 4) is 0 Å². The maximum atomic E-state index is 5.11. The lowest BCUT2D eigenvalue weighted by molar-refractivity contribution is 0.272. The topological polar surface area (TPSA) is 0 Å². The lowest BCUT2D eigenvalue weighted by Gasteiger charge is -2.41. The van der Waals surface area contributed by atoms with E-state index in [1.165, 1.54) is 56.3 Å². The van der Waals surface area contributed by atoms with Gasteiger partial charge in [0.15, 0.2) is 0 Å². The van der Waals surface area contributed by atoms with Gasteiger partial charge in [0.1, 0.15) is 0 Å². The van der Waals surface area contributed by atoms with Gasteiger partial charge in [-0.25, -0.2) is 0 Å². The molecule has 0 aliphatic heterocycles. The van der Waals surface area contributed by atoms with E-state index < -0.39 is 0 Å². The zero-order valence-corrected chi connectivity index (χ0v) is 16.3. The maximum Gasteiger partial charge on any atom is 0.0122 e. The van der Waals surface area contributed by atoms with Crippen molar-refractivity contribution >= 4 is 37.0 Å². The molecule has 0 heterocycles. The molecule has 5 saturated carbocycles. The summed E-state index contributed by atoms with van der Waals surface area (Å²) >= 11 is 12.4. The number of hydrogen-bond donors (Lipinski definition) is 2. The Morgan fingerprint density at radius 3 is 2.87 bits per heavy atom. The monoisotopic (exact) mass is 364 g/mol. The third kappa shape index (κ3) is 1.76. The second-order valence-electron chi connectivity index (χ2n) is 9.46. The first-order valence-electron chi connectivity index (χ1n) is 9.91. The smallest absolute Gasteiger partial charge is 0.0122 e.